The zero-order chi connectivity index (χ0) is 14.6. The first kappa shape index (κ1) is 15.9. The van der Waals surface area contributed by atoms with E-state index in [-0.39, 0.29) is 12.0 Å². The highest BCUT2D eigenvalue weighted by Gasteiger charge is 2.24. The Hall–Kier alpha value is -1.13. The molecule has 0 radical (unpaired) electrons. The lowest BCUT2D eigenvalue weighted by Crippen LogP contribution is -2.34. The molecule has 0 spiro atoms. The van der Waals surface area contributed by atoms with E-state index < -0.39 is 6.10 Å². The van der Waals surface area contributed by atoms with Crippen LogP contribution in [0.3, 0.4) is 0 Å². The molecule has 4 nitrogen and oxygen atoms in total. The Balaban J connectivity index is 2.94. The number of pyridine rings is 1. The van der Waals surface area contributed by atoms with Gasteiger partial charge in [-0.3, -0.25) is 4.98 Å². The number of ether oxygens (including phenoxy) is 2. The summed E-state index contributed by atoms with van der Waals surface area (Å²) in [5.74, 6) is 1.10. The van der Waals surface area contributed by atoms with Crippen LogP contribution in [-0.4, -0.2) is 36.5 Å². The van der Waals surface area contributed by atoms with Gasteiger partial charge < -0.3 is 14.6 Å². The lowest BCUT2D eigenvalue weighted by atomic mass is 9.96. The molecule has 1 rings (SSSR count). The zero-order valence-electron chi connectivity index (χ0n) is 12.7. The fraction of sp³-hybridized carbons (Fsp3) is 0.667. The van der Waals surface area contributed by atoms with Gasteiger partial charge in [-0.2, -0.15) is 0 Å². The third-order valence-corrected chi connectivity index (χ3v) is 3.46. The van der Waals surface area contributed by atoms with Gasteiger partial charge in [-0.15, -0.1) is 0 Å². The number of hydrogen-bond acceptors (Lipinski definition) is 4. The quantitative estimate of drug-likeness (QED) is 0.859. The zero-order valence-corrected chi connectivity index (χ0v) is 12.7. The molecule has 0 bridgehead atoms. The van der Waals surface area contributed by atoms with Crippen LogP contribution < -0.4 is 4.74 Å². The summed E-state index contributed by atoms with van der Waals surface area (Å²) in [7, 11) is 3.28. The summed E-state index contributed by atoms with van der Waals surface area (Å²) in [6.45, 7) is 8.00. The molecule has 1 aromatic rings. The monoisotopic (exact) mass is 267 g/mol. The summed E-state index contributed by atoms with van der Waals surface area (Å²) >= 11 is 0. The Bertz CT molecular complexity index is 418. The maximum absolute atomic E-state index is 10.3. The largest absolute Gasteiger partial charge is 0.496 e. The minimum absolute atomic E-state index is 0.187. The predicted molar refractivity (Wildman–Crippen MR) is 75.6 cm³/mol. The number of nitrogens with zero attached hydrogens (tertiary/aromatic N) is 1. The van der Waals surface area contributed by atoms with Gasteiger partial charge in [-0.1, -0.05) is 13.8 Å². The van der Waals surface area contributed by atoms with Crippen molar-refractivity contribution in [2.75, 3.05) is 14.2 Å². The molecule has 2 unspecified atom stereocenters. The third-order valence-electron chi connectivity index (χ3n) is 3.46. The van der Waals surface area contributed by atoms with Gasteiger partial charge in [-0.05, 0) is 19.8 Å². The Morgan fingerprint density at radius 3 is 2.37 bits per heavy atom. The molecule has 0 amide bonds. The fourth-order valence-electron chi connectivity index (χ4n) is 2.46. The number of aryl methyl sites for hydroxylation is 1. The first-order valence-corrected chi connectivity index (χ1v) is 6.62. The van der Waals surface area contributed by atoms with Crippen LogP contribution in [0, 0.1) is 19.8 Å². The first-order valence-electron chi connectivity index (χ1n) is 6.62. The molecular weight excluding hydrogens is 242 g/mol. The van der Waals surface area contributed by atoms with Crippen molar-refractivity contribution in [2.45, 2.75) is 46.3 Å². The van der Waals surface area contributed by atoms with Gasteiger partial charge in [0, 0.05) is 36.5 Å². The molecule has 1 aromatic heterocycles. The molecule has 2 atom stereocenters. The number of rotatable bonds is 6. The molecule has 0 saturated heterocycles. The molecule has 108 valence electrons. The van der Waals surface area contributed by atoms with Gasteiger partial charge in [0.1, 0.15) is 5.75 Å². The van der Waals surface area contributed by atoms with Crippen LogP contribution in [0.1, 0.15) is 30.7 Å². The van der Waals surface area contributed by atoms with Crippen molar-refractivity contribution < 1.29 is 14.6 Å². The Kier molecular flexibility index (Phi) is 5.76. The molecule has 0 aliphatic rings. The number of aliphatic hydroxyl groups excluding tert-OH is 1. The third kappa shape index (κ3) is 3.67. The molecule has 0 saturated carbocycles. The van der Waals surface area contributed by atoms with E-state index in [0.29, 0.717) is 6.42 Å². The summed E-state index contributed by atoms with van der Waals surface area (Å²) in [4.78, 5) is 4.41. The van der Waals surface area contributed by atoms with E-state index in [1.54, 1.807) is 20.4 Å². The maximum Gasteiger partial charge on any atom is 0.128 e. The number of methoxy groups -OCH3 is 2. The molecule has 1 heterocycles. The van der Waals surface area contributed by atoms with Crippen LogP contribution in [0.4, 0.5) is 0 Å². The summed E-state index contributed by atoms with van der Waals surface area (Å²) in [5.41, 5.74) is 2.85. The van der Waals surface area contributed by atoms with E-state index in [1.165, 1.54) is 0 Å². The van der Waals surface area contributed by atoms with Crippen molar-refractivity contribution in [1.82, 2.24) is 4.98 Å². The lowest BCUT2D eigenvalue weighted by molar-refractivity contribution is -0.0372. The minimum atomic E-state index is -0.566. The average molecular weight is 267 g/mol. The van der Waals surface area contributed by atoms with Crippen molar-refractivity contribution in [2.24, 2.45) is 5.92 Å². The molecular formula is C15H25NO3. The van der Waals surface area contributed by atoms with E-state index >= 15 is 0 Å². The maximum atomic E-state index is 10.3. The molecule has 0 fully saturated rings. The lowest BCUT2D eigenvalue weighted by Gasteiger charge is -2.25. The second kappa shape index (κ2) is 6.87. The van der Waals surface area contributed by atoms with Gasteiger partial charge in [0.25, 0.3) is 0 Å². The van der Waals surface area contributed by atoms with E-state index in [2.05, 4.69) is 4.98 Å². The SMILES string of the molecule is COc1c(C)cnc(CC(O)C(OC)C(C)C)c1C. The summed E-state index contributed by atoms with van der Waals surface area (Å²) in [5, 5.41) is 10.3. The molecule has 1 N–H and O–H groups in total. The van der Waals surface area contributed by atoms with Crippen LogP contribution in [-0.2, 0) is 11.2 Å². The Morgan fingerprint density at radius 2 is 1.89 bits per heavy atom. The van der Waals surface area contributed by atoms with Crippen molar-refractivity contribution in [1.29, 1.82) is 0 Å². The minimum Gasteiger partial charge on any atom is -0.496 e. The van der Waals surface area contributed by atoms with Crippen molar-refractivity contribution in [3.05, 3.63) is 23.0 Å². The average Bonchev–Trinajstić information content (AvgIpc) is 2.34. The Morgan fingerprint density at radius 1 is 1.26 bits per heavy atom. The van der Waals surface area contributed by atoms with Gasteiger partial charge in [0.05, 0.1) is 19.3 Å². The standard InChI is InChI=1S/C15H25NO3/c1-9(2)14(18-5)13(17)7-12-11(4)15(19-6)10(3)8-16-12/h8-9,13-14,17H,7H2,1-6H3. The van der Waals surface area contributed by atoms with Crippen LogP contribution >= 0.6 is 0 Å². The highest BCUT2D eigenvalue weighted by atomic mass is 16.5. The van der Waals surface area contributed by atoms with Crippen molar-refractivity contribution in [3.8, 4) is 5.75 Å². The van der Waals surface area contributed by atoms with E-state index in [0.717, 1.165) is 22.6 Å². The Labute approximate surface area is 115 Å². The summed E-state index contributed by atoms with van der Waals surface area (Å²) < 4.78 is 10.7. The second-order valence-electron chi connectivity index (χ2n) is 5.26. The van der Waals surface area contributed by atoms with Gasteiger partial charge in [0.2, 0.25) is 0 Å². The number of hydrogen-bond donors (Lipinski definition) is 1. The van der Waals surface area contributed by atoms with Crippen LogP contribution in [0.15, 0.2) is 6.20 Å². The van der Waals surface area contributed by atoms with E-state index in [4.69, 9.17) is 9.47 Å². The highest BCUT2D eigenvalue weighted by molar-refractivity contribution is 5.41. The van der Waals surface area contributed by atoms with Gasteiger partial charge in [0.15, 0.2) is 0 Å². The highest BCUT2D eigenvalue weighted by Crippen LogP contribution is 2.25. The topological polar surface area (TPSA) is 51.6 Å². The van der Waals surface area contributed by atoms with Gasteiger partial charge in [-0.25, -0.2) is 0 Å². The second-order valence-corrected chi connectivity index (χ2v) is 5.26. The molecule has 4 heteroatoms. The first-order chi connectivity index (χ1) is 8.92. The van der Waals surface area contributed by atoms with Crippen molar-refractivity contribution >= 4 is 0 Å². The molecule has 0 aromatic carbocycles. The summed E-state index contributed by atoms with van der Waals surface area (Å²) in [6, 6.07) is 0. The fourth-order valence-corrected chi connectivity index (χ4v) is 2.46. The van der Waals surface area contributed by atoms with Crippen LogP contribution in [0.5, 0.6) is 5.75 Å². The number of aliphatic hydroxyl groups is 1. The van der Waals surface area contributed by atoms with E-state index in [9.17, 15) is 5.11 Å². The predicted octanol–water partition coefficient (Wildman–Crippen LogP) is 2.28. The summed E-state index contributed by atoms with van der Waals surface area (Å²) in [6.07, 6.45) is 1.50. The normalized spacial score (nSPS) is 14.5. The van der Waals surface area contributed by atoms with Gasteiger partial charge >= 0.3 is 0 Å². The smallest absolute Gasteiger partial charge is 0.128 e. The molecule has 0 aliphatic heterocycles. The molecule has 0 aliphatic carbocycles. The van der Waals surface area contributed by atoms with E-state index in [1.807, 2.05) is 27.7 Å². The van der Waals surface area contributed by atoms with Crippen molar-refractivity contribution in [3.63, 3.8) is 0 Å². The van der Waals surface area contributed by atoms with Crippen LogP contribution in [0.2, 0.25) is 0 Å². The van der Waals surface area contributed by atoms with Crippen LogP contribution in [0.25, 0.3) is 0 Å². The number of aromatic nitrogens is 1. The molecule has 19 heavy (non-hydrogen) atoms.